The molecule has 3 rings (SSSR count). The number of halogens is 2. The van der Waals surface area contributed by atoms with Crippen molar-refractivity contribution in [1.29, 1.82) is 0 Å². The van der Waals surface area contributed by atoms with Crippen molar-refractivity contribution >= 4 is 23.5 Å². The molecule has 0 spiro atoms. The van der Waals surface area contributed by atoms with E-state index in [4.69, 9.17) is 0 Å². The minimum absolute atomic E-state index is 0.125. The summed E-state index contributed by atoms with van der Waals surface area (Å²) >= 11 is 3.05. The van der Waals surface area contributed by atoms with Crippen LogP contribution in [-0.2, 0) is 0 Å². The average molecular weight is 422 g/mol. The van der Waals surface area contributed by atoms with E-state index in [-0.39, 0.29) is 17.7 Å². The van der Waals surface area contributed by atoms with Gasteiger partial charge in [0.25, 0.3) is 0 Å². The number of aromatic nitrogens is 3. The molecule has 148 valence electrons. The third-order valence-corrected chi connectivity index (χ3v) is 6.64. The van der Waals surface area contributed by atoms with Crippen molar-refractivity contribution in [3.8, 4) is 5.69 Å². The SMILES string of the molecule is C[C@H](c1nnc(SCCSc2ccccc2F)n1-c1ccc(F)cc1)[NH+](C)C. The fraction of sp³-hybridized carbons (Fsp3) is 0.300. The van der Waals surface area contributed by atoms with Gasteiger partial charge in [0.1, 0.15) is 17.7 Å². The van der Waals surface area contributed by atoms with Gasteiger partial charge in [-0.15, -0.1) is 22.0 Å². The molecule has 0 bridgehead atoms. The molecular formula is C20H23F2N4S2+. The Morgan fingerprint density at radius 3 is 2.32 bits per heavy atom. The Hall–Kier alpha value is -1.90. The molecule has 0 fully saturated rings. The van der Waals surface area contributed by atoms with Gasteiger partial charge in [0.05, 0.1) is 14.1 Å². The van der Waals surface area contributed by atoms with E-state index in [0.717, 1.165) is 28.2 Å². The summed E-state index contributed by atoms with van der Waals surface area (Å²) in [6.07, 6.45) is 0. The second-order valence-electron chi connectivity index (χ2n) is 6.58. The summed E-state index contributed by atoms with van der Waals surface area (Å²) in [5.74, 6) is 1.85. The lowest BCUT2D eigenvalue weighted by molar-refractivity contribution is -0.890. The maximum absolute atomic E-state index is 13.7. The van der Waals surface area contributed by atoms with Crippen LogP contribution in [0.15, 0.2) is 58.6 Å². The second kappa shape index (κ2) is 9.54. The molecule has 0 saturated carbocycles. The standard InChI is InChI=1S/C20H22F2N4S2/c1-14(25(2)3)19-23-24-20(26(19)16-10-8-15(21)9-11-16)28-13-12-27-18-7-5-4-6-17(18)22/h4-11,14H,12-13H2,1-3H3/p+1/t14-/m1/s1. The molecule has 0 saturated heterocycles. The molecule has 0 amide bonds. The van der Waals surface area contributed by atoms with Crippen molar-refractivity contribution in [1.82, 2.24) is 14.8 Å². The zero-order valence-corrected chi connectivity index (χ0v) is 17.7. The normalized spacial score (nSPS) is 12.5. The van der Waals surface area contributed by atoms with Crippen LogP contribution in [0.4, 0.5) is 8.78 Å². The Balaban J connectivity index is 1.76. The molecule has 2 aromatic carbocycles. The van der Waals surface area contributed by atoms with Crippen LogP contribution >= 0.6 is 23.5 Å². The molecule has 28 heavy (non-hydrogen) atoms. The van der Waals surface area contributed by atoms with Crippen LogP contribution in [0.25, 0.3) is 5.69 Å². The zero-order valence-electron chi connectivity index (χ0n) is 16.0. The van der Waals surface area contributed by atoms with Crippen LogP contribution in [0.5, 0.6) is 0 Å². The summed E-state index contributed by atoms with van der Waals surface area (Å²) in [5.41, 5.74) is 0.832. The van der Waals surface area contributed by atoms with Crippen molar-refractivity contribution in [2.45, 2.75) is 23.0 Å². The third kappa shape index (κ3) is 4.92. The van der Waals surface area contributed by atoms with E-state index in [2.05, 4.69) is 31.2 Å². The molecular weight excluding hydrogens is 398 g/mol. The van der Waals surface area contributed by atoms with Gasteiger partial charge >= 0.3 is 0 Å². The smallest absolute Gasteiger partial charge is 0.196 e. The van der Waals surface area contributed by atoms with Crippen molar-refractivity contribution in [2.75, 3.05) is 25.6 Å². The average Bonchev–Trinajstić information content (AvgIpc) is 3.10. The minimum Gasteiger partial charge on any atom is -0.331 e. The lowest BCUT2D eigenvalue weighted by Crippen LogP contribution is -3.05. The number of nitrogens with zero attached hydrogens (tertiary/aromatic N) is 3. The highest BCUT2D eigenvalue weighted by Crippen LogP contribution is 2.27. The van der Waals surface area contributed by atoms with E-state index in [1.165, 1.54) is 34.9 Å². The molecule has 0 radical (unpaired) electrons. The fourth-order valence-electron chi connectivity index (χ4n) is 2.59. The molecule has 4 nitrogen and oxygen atoms in total. The molecule has 1 aromatic heterocycles. The minimum atomic E-state index is -0.278. The van der Waals surface area contributed by atoms with Gasteiger partial charge in [-0.2, -0.15) is 0 Å². The number of hydrogen-bond donors (Lipinski definition) is 1. The topological polar surface area (TPSA) is 35.1 Å². The fourth-order valence-corrected chi connectivity index (χ4v) is 4.47. The Morgan fingerprint density at radius 1 is 0.964 bits per heavy atom. The molecule has 1 atom stereocenters. The number of nitrogens with one attached hydrogen (secondary N) is 1. The lowest BCUT2D eigenvalue weighted by Gasteiger charge is -2.18. The van der Waals surface area contributed by atoms with E-state index in [9.17, 15) is 8.78 Å². The number of hydrogen-bond acceptors (Lipinski definition) is 4. The van der Waals surface area contributed by atoms with Gasteiger partial charge in [-0.05, 0) is 43.3 Å². The molecule has 3 aromatic rings. The van der Waals surface area contributed by atoms with Gasteiger partial charge < -0.3 is 4.90 Å². The Kier molecular flexibility index (Phi) is 7.09. The van der Waals surface area contributed by atoms with Gasteiger partial charge in [0.2, 0.25) is 0 Å². The number of rotatable bonds is 8. The maximum Gasteiger partial charge on any atom is 0.196 e. The first-order valence-corrected chi connectivity index (χ1v) is 11.0. The summed E-state index contributed by atoms with van der Waals surface area (Å²) in [6.45, 7) is 2.09. The van der Waals surface area contributed by atoms with Crippen molar-refractivity contribution in [3.63, 3.8) is 0 Å². The predicted molar refractivity (Wildman–Crippen MR) is 110 cm³/mol. The van der Waals surface area contributed by atoms with Crippen LogP contribution in [0.3, 0.4) is 0 Å². The summed E-state index contributed by atoms with van der Waals surface area (Å²) in [4.78, 5) is 1.87. The number of quaternary nitrogens is 1. The van der Waals surface area contributed by atoms with Crippen LogP contribution in [0, 0.1) is 11.6 Å². The van der Waals surface area contributed by atoms with E-state index in [1.54, 1.807) is 36.0 Å². The first-order valence-electron chi connectivity index (χ1n) is 8.99. The molecule has 0 aliphatic carbocycles. The predicted octanol–water partition coefficient (Wildman–Crippen LogP) is 3.64. The van der Waals surface area contributed by atoms with Crippen molar-refractivity contribution < 1.29 is 13.7 Å². The van der Waals surface area contributed by atoms with Crippen LogP contribution in [-0.4, -0.2) is 40.4 Å². The summed E-state index contributed by atoms with van der Waals surface area (Å²) in [7, 11) is 4.12. The van der Waals surface area contributed by atoms with E-state index < -0.39 is 0 Å². The third-order valence-electron chi connectivity index (χ3n) is 4.41. The molecule has 1 N–H and O–H groups in total. The van der Waals surface area contributed by atoms with E-state index in [1.807, 2.05) is 10.6 Å². The largest absolute Gasteiger partial charge is 0.331 e. The van der Waals surface area contributed by atoms with Gasteiger partial charge in [0, 0.05) is 22.1 Å². The first kappa shape index (κ1) is 20.8. The van der Waals surface area contributed by atoms with Gasteiger partial charge in [-0.3, -0.25) is 4.57 Å². The molecule has 1 heterocycles. The number of thioether (sulfide) groups is 2. The van der Waals surface area contributed by atoms with Crippen LogP contribution in [0.1, 0.15) is 18.8 Å². The van der Waals surface area contributed by atoms with E-state index >= 15 is 0 Å². The molecule has 0 unspecified atom stereocenters. The van der Waals surface area contributed by atoms with Crippen LogP contribution in [0.2, 0.25) is 0 Å². The zero-order chi connectivity index (χ0) is 20.1. The van der Waals surface area contributed by atoms with E-state index in [0.29, 0.717) is 4.90 Å². The Labute approximate surface area is 172 Å². The Morgan fingerprint density at radius 2 is 1.64 bits per heavy atom. The van der Waals surface area contributed by atoms with Gasteiger partial charge in [-0.1, -0.05) is 23.9 Å². The summed E-state index contributed by atoms with van der Waals surface area (Å²) in [6, 6.07) is 13.2. The molecule has 0 aliphatic rings. The number of benzene rings is 2. The highest BCUT2D eigenvalue weighted by atomic mass is 32.2. The van der Waals surface area contributed by atoms with Crippen molar-refractivity contribution in [3.05, 3.63) is 66.0 Å². The maximum atomic E-state index is 13.7. The summed E-state index contributed by atoms with van der Waals surface area (Å²) in [5, 5.41) is 9.52. The first-order chi connectivity index (χ1) is 13.5. The monoisotopic (exact) mass is 421 g/mol. The van der Waals surface area contributed by atoms with Crippen molar-refractivity contribution in [2.24, 2.45) is 0 Å². The molecule has 8 heteroatoms. The highest BCUT2D eigenvalue weighted by molar-refractivity contribution is 8.02. The quantitative estimate of drug-likeness (QED) is 0.445. The lowest BCUT2D eigenvalue weighted by atomic mass is 10.2. The highest BCUT2D eigenvalue weighted by Gasteiger charge is 2.23. The van der Waals surface area contributed by atoms with Crippen LogP contribution < -0.4 is 4.90 Å². The summed E-state index contributed by atoms with van der Waals surface area (Å²) < 4.78 is 29.1. The Bertz CT molecular complexity index is 913. The molecule has 0 aliphatic heterocycles. The van der Waals surface area contributed by atoms with Gasteiger partial charge in [-0.25, -0.2) is 8.78 Å². The second-order valence-corrected chi connectivity index (χ2v) is 8.78. The van der Waals surface area contributed by atoms with Gasteiger partial charge in [0.15, 0.2) is 11.0 Å².